The van der Waals surface area contributed by atoms with Gasteiger partial charge in [-0.15, -0.1) is 0 Å². The van der Waals surface area contributed by atoms with Gasteiger partial charge in [0.05, 0.1) is 17.3 Å². The summed E-state index contributed by atoms with van der Waals surface area (Å²) >= 11 is 9.59. The van der Waals surface area contributed by atoms with Crippen molar-refractivity contribution in [1.82, 2.24) is 0 Å². The van der Waals surface area contributed by atoms with E-state index in [1.54, 1.807) is 7.11 Å². The molecule has 2 atom stereocenters. The molecule has 0 spiro atoms. The third-order valence-corrected chi connectivity index (χ3v) is 4.32. The summed E-state index contributed by atoms with van der Waals surface area (Å²) in [5, 5.41) is 4.29. The molecule has 1 N–H and O–H groups in total. The van der Waals surface area contributed by atoms with E-state index in [2.05, 4.69) is 28.2 Å². The van der Waals surface area contributed by atoms with Gasteiger partial charge in [0.15, 0.2) is 5.75 Å². The topological polar surface area (TPSA) is 21.3 Å². The Morgan fingerprint density at radius 1 is 1.39 bits per heavy atom. The molecule has 1 aromatic carbocycles. The fourth-order valence-corrected chi connectivity index (χ4v) is 3.63. The number of ether oxygens (including phenoxy) is 1. The molecule has 0 heterocycles. The molecule has 1 aromatic rings. The van der Waals surface area contributed by atoms with Crippen LogP contribution in [0.4, 0.5) is 5.69 Å². The average molecular weight is 333 g/mol. The Labute approximate surface area is 122 Å². The van der Waals surface area contributed by atoms with Gasteiger partial charge in [-0.3, -0.25) is 0 Å². The van der Waals surface area contributed by atoms with E-state index in [1.807, 2.05) is 12.1 Å². The van der Waals surface area contributed by atoms with Gasteiger partial charge >= 0.3 is 0 Å². The lowest BCUT2D eigenvalue weighted by molar-refractivity contribution is 0.356. The fourth-order valence-electron chi connectivity index (χ4n) is 2.66. The van der Waals surface area contributed by atoms with Crippen molar-refractivity contribution in [3.63, 3.8) is 0 Å². The molecule has 0 aromatic heterocycles. The monoisotopic (exact) mass is 331 g/mol. The van der Waals surface area contributed by atoms with Gasteiger partial charge in [0.25, 0.3) is 0 Å². The van der Waals surface area contributed by atoms with E-state index in [1.165, 1.54) is 25.7 Å². The molecular formula is C14H19BrClNO. The molecule has 1 aliphatic rings. The number of hydrogen-bond acceptors (Lipinski definition) is 2. The molecule has 0 bridgehead atoms. The molecule has 2 rings (SSSR count). The first kappa shape index (κ1) is 14.0. The molecule has 18 heavy (non-hydrogen) atoms. The number of hydrogen-bond donors (Lipinski definition) is 1. The molecule has 1 aliphatic carbocycles. The second-order valence-corrected chi connectivity index (χ2v) is 6.37. The van der Waals surface area contributed by atoms with E-state index in [-0.39, 0.29) is 0 Å². The lowest BCUT2D eigenvalue weighted by atomic mass is 9.87. The van der Waals surface area contributed by atoms with Crippen LogP contribution in [-0.2, 0) is 0 Å². The summed E-state index contributed by atoms with van der Waals surface area (Å²) in [7, 11) is 1.68. The largest absolute Gasteiger partial charge is 0.493 e. The SMILES string of the molecule is COc1c(Br)cc(Cl)cc1NC1CCCC(C)C1. The van der Waals surface area contributed by atoms with Gasteiger partial charge in [-0.2, -0.15) is 0 Å². The number of anilines is 1. The Morgan fingerprint density at radius 3 is 2.83 bits per heavy atom. The van der Waals surface area contributed by atoms with Gasteiger partial charge in [-0.05, 0) is 46.8 Å². The maximum Gasteiger partial charge on any atom is 0.156 e. The third-order valence-electron chi connectivity index (χ3n) is 3.51. The first-order valence-corrected chi connectivity index (χ1v) is 7.57. The van der Waals surface area contributed by atoms with E-state index in [0.29, 0.717) is 11.1 Å². The lowest BCUT2D eigenvalue weighted by Gasteiger charge is -2.29. The van der Waals surface area contributed by atoms with Crippen LogP contribution in [0.2, 0.25) is 5.02 Å². The van der Waals surface area contributed by atoms with E-state index in [0.717, 1.165) is 21.8 Å². The summed E-state index contributed by atoms with van der Waals surface area (Å²) in [6.45, 7) is 2.32. The number of halogens is 2. The van der Waals surface area contributed by atoms with Gasteiger partial charge in [-0.1, -0.05) is 31.4 Å². The molecule has 1 saturated carbocycles. The predicted molar refractivity (Wildman–Crippen MR) is 80.7 cm³/mol. The number of benzene rings is 1. The second-order valence-electron chi connectivity index (χ2n) is 5.08. The van der Waals surface area contributed by atoms with Crippen molar-refractivity contribution in [3.05, 3.63) is 21.6 Å². The Bertz CT molecular complexity index is 425. The highest BCUT2D eigenvalue weighted by Crippen LogP contribution is 2.38. The van der Waals surface area contributed by atoms with Crippen molar-refractivity contribution in [1.29, 1.82) is 0 Å². The maximum atomic E-state index is 6.10. The molecular weight excluding hydrogens is 314 g/mol. The van der Waals surface area contributed by atoms with Crippen LogP contribution < -0.4 is 10.1 Å². The summed E-state index contributed by atoms with van der Waals surface area (Å²) < 4.78 is 6.32. The van der Waals surface area contributed by atoms with Crippen molar-refractivity contribution in [2.75, 3.05) is 12.4 Å². The molecule has 4 heteroatoms. The molecule has 1 fully saturated rings. The van der Waals surface area contributed by atoms with Gasteiger partial charge in [0, 0.05) is 11.1 Å². The van der Waals surface area contributed by atoms with E-state index in [9.17, 15) is 0 Å². The Morgan fingerprint density at radius 2 is 2.17 bits per heavy atom. The molecule has 2 unspecified atom stereocenters. The van der Waals surface area contributed by atoms with Gasteiger partial charge in [0.1, 0.15) is 0 Å². The average Bonchev–Trinajstić information content (AvgIpc) is 2.28. The van der Waals surface area contributed by atoms with Crippen LogP contribution in [0.5, 0.6) is 5.75 Å². The van der Waals surface area contributed by atoms with Crippen LogP contribution in [0.1, 0.15) is 32.6 Å². The zero-order valence-electron chi connectivity index (χ0n) is 10.8. The van der Waals surface area contributed by atoms with Crippen LogP contribution in [0.3, 0.4) is 0 Å². The number of nitrogens with one attached hydrogen (secondary N) is 1. The minimum atomic E-state index is 0.521. The minimum Gasteiger partial charge on any atom is -0.493 e. The summed E-state index contributed by atoms with van der Waals surface area (Å²) in [5.41, 5.74) is 0.982. The lowest BCUT2D eigenvalue weighted by Crippen LogP contribution is -2.26. The zero-order chi connectivity index (χ0) is 13.1. The summed E-state index contributed by atoms with van der Waals surface area (Å²) in [4.78, 5) is 0. The quantitative estimate of drug-likeness (QED) is 0.831. The fraction of sp³-hybridized carbons (Fsp3) is 0.571. The van der Waals surface area contributed by atoms with Crippen LogP contribution >= 0.6 is 27.5 Å². The Hall–Kier alpha value is -0.410. The van der Waals surface area contributed by atoms with Gasteiger partial charge < -0.3 is 10.1 Å². The Kier molecular flexibility index (Phi) is 4.79. The van der Waals surface area contributed by atoms with Crippen molar-refractivity contribution >= 4 is 33.2 Å². The van der Waals surface area contributed by atoms with Crippen LogP contribution in [0.25, 0.3) is 0 Å². The van der Waals surface area contributed by atoms with Crippen molar-refractivity contribution in [2.24, 2.45) is 5.92 Å². The van der Waals surface area contributed by atoms with Crippen molar-refractivity contribution in [2.45, 2.75) is 38.6 Å². The van der Waals surface area contributed by atoms with Crippen LogP contribution in [-0.4, -0.2) is 13.2 Å². The molecule has 0 amide bonds. The minimum absolute atomic E-state index is 0.521. The zero-order valence-corrected chi connectivity index (χ0v) is 13.1. The summed E-state index contributed by atoms with van der Waals surface area (Å²) in [6, 6.07) is 4.31. The van der Waals surface area contributed by atoms with Gasteiger partial charge in [-0.25, -0.2) is 0 Å². The highest BCUT2D eigenvalue weighted by Gasteiger charge is 2.20. The Balaban J connectivity index is 2.17. The number of methoxy groups -OCH3 is 1. The smallest absolute Gasteiger partial charge is 0.156 e. The van der Waals surface area contributed by atoms with E-state index < -0.39 is 0 Å². The highest BCUT2D eigenvalue weighted by molar-refractivity contribution is 9.10. The van der Waals surface area contributed by atoms with Crippen LogP contribution in [0.15, 0.2) is 16.6 Å². The van der Waals surface area contributed by atoms with Crippen molar-refractivity contribution in [3.8, 4) is 5.75 Å². The molecule has 100 valence electrons. The highest BCUT2D eigenvalue weighted by atomic mass is 79.9. The predicted octanol–water partition coefficient (Wildman–Crippen LogP) is 5.10. The summed E-state index contributed by atoms with van der Waals surface area (Å²) in [6.07, 6.45) is 5.07. The van der Waals surface area contributed by atoms with Gasteiger partial charge in [0.2, 0.25) is 0 Å². The maximum absolute atomic E-state index is 6.10. The van der Waals surface area contributed by atoms with Crippen LogP contribution in [0, 0.1) is 5.92 Å². The van der Waals surface area contributed by atoms with Crippen molar-refractivity contribution < 1.29 is 4.74 Å². The summed E-state index contributed by atoms with van der Waals surface area (Å²) in [5.74, 6) is 1.63. The first-order valence-electron chi connectivity index (χ1n) is 6.39. The molecule has 2 nitrogen and oxygen atoms in total. The first-order chi connectivity index (χ1) is 8.60. The number of rotatable bonds is 3. The molecule has 0 aliphatic heterocycles. The molecule has 0 radical (unpaired) electrons. The molecule has 0 saturated heterocycles. The second kappa shape index (κ2) is 6.16. The normalized spacial score (nSPS) is 23.8. The van der Waals surface area contributed by atoms with E-state index >= 15 is 0 Å². The third kappa shape index (κ3) is 3.33. The van der Waals surface area contributed by atoms with E-state index in [4.69, 9.17) is 16.3 Å². The standard InChI is InChI=1S/C14H19BrClNO/c1-9-4-3-5-11(6-9)17-13-8-10(16)7-12(15)14(13)18-2/h7-9,11,17H,3-6H2,1-2H3.